The van der Waals surface area contributed by atoms with Gasteiger partial charge in [0.2, 0.25) is 10.0 Å². The molecule has 1 saturated heterocycles. The molecule has 0 aromatic heterocycles. The van der Waals surface area contributed by atoms with Crippen molar-refractivity contribution < 1.29 is 17.9 Å². The fourth-order valence-electron chi connectivity index (χ4n) is 3.66. The maximum atomic E-state index is 12.3. The molecule has 2 fully saturated rings. The average Bonchev–Trinajstić information content (AvgIpc) is 2.87. The van der Waals surface area contributed by atoms with Gasteiger partial charge in [0.15, 0.2) is 0 Å². The fraction of sp³-hybridized carbons (Fsp3) is 0.611. The zero-order valence-electron chi connectivity index (χ0n) is 14.5. The van der Waals surface area contributed by atoms with Gasteiger partial charge < -0.3 is 10.1 Å². The highest BCUT2D eigenvalue weighted by molar-refractivity contribution is 7.90. The van der Waals surface area contributed by atoms with Gasteiger partial charge in [0.05, 0.1) is 23.6 Å². The fourth-order valence-corrected chi connectivity index (χ4v) is 5.65. The summed E-state index contributed by atoms with van der Waals surface area (Å²) >= 11 is 0. The molecule has 25 heavy (non-hydrogen) atoms. The molecule has 7 heteroatoms. The Morgan fingerprint density at radius 2 is 1.96 bits per heavy atom. The minimum Gasteiger partial charge on any atom is -0.462 e. The van der Waals surface area contributed by atoms with Crippen molar-refractivity contribution in [2.75, 3.05) is 11.9 Å². The quantitative estimate of drug-likeness (QED) is 0.597. The third-order valence-electron chi connectivity index (χ3n) is 5.05. The lowest BCUT2D eigenvalue weighted by Gasteiger charge is -2.27. The molecule has 3 rings (SSSR count). The van der Waals surface area contributed by atoms with Crippen LogP contribution in [0.3, 0.4) is 0 Å². The lowest BCUT2D eigenvalue weighted by molar-refractivity contribution is 0.0500. The van der Waals surface area contributed by atoms with Crippen LogP contribution in [0.2, 0.25) is 0 Å². The van der Waals surface area contributed by atoms with Crippen LogP contribution >= 0.6 is 0 Å². The first kappa shape index (κ1) is 18.2. The van der Waals surface area contributed by atoms with E-state index in [2.05, 4.69) is 10.0 Å². The lowest BCUT2D eigenvalue weighted by atomic mass is 9.86. The summed E-state index contributed by atoms with van der Waals surface area (Å²) in [6, 6.07) is 7.00. The molecule has 1 aliphatic heterocycles. The van der Waals surface area contributed by atoms with Gasteiger partial charge in [0, 0.05) is 11.6 Å². The molecular weight excluding hydrogens is 340 g/mol. The Bertz CT molecular complexity index is 702. The summed E-state index contributed by atoms with van der Waals surface area (Å²) in [4.78, 5) is 11.9. The van der Waals surface area contributed by atoms with Crippen LogP contribution in [0.4, 0.5) is 5.69 Å². The van der Waals surface area contributed by atoms with Crippen molar-refractivity contribution in [3.05, 3.63) is 29.8 Å². The van der Waals surface area contributed by atoms with Crippen molar-refractivity contribution in [3.63, 3.8) is 0 Å². The number of carbonyl (C=O) groups excluding carboxylic acids is 1. The van der Waals surface area contributed by atoms with E-state index in [1.54, 1.807) is 24.3 Å². The van der Waals surface area contributed by atoms with Crippen LogP contribution in [-0.2, 0) is 14.8 Å². The van der Waals surface area contributed by atoms with Gasteiger partial charge in [-0.1, -0.05) is 26.2 Å². The van der Waals surface area contributed by atoms with E-state index < -0.39 is 10.0 Å². The van der Waals surface area contributed by atoms with Crippen molar-refractivity contribution in [2.45, 2.75) is 56.9 Å². The van der Waals surface area contributed by atoms with Gasteiger partial charge in [-0.3, -0.25) is 0 Å². The summed E-state index contributed by atoms with van der Waals surface area (Å²) in [7, 11) is -3.24. The van der Waals surface area contributed by atoms with Crippen molar-refractivity contribution in [3.8, 4) is 0 Å². The molecule has 6 nitrogen and oxygen atoms in total. The number of nitrogens with one attached hydrogen (secondary N) is 2. The molecule has 1 aromatic carbocycles. The maximum Gasteiger partial charge on any atom is 0.338 e. The van der Waals surface area contributed by atoms with E-state index in [0.29, 0.717) is 12.2 Å². The van der Waals surface area contributed by atoms with Crippen molar-refractivity contribution in [1.29, 1.82) is 0 Å². The Hall–Kier alpha value is -1.60. The van der Waals surface area contributed by atoms with Crippen molar-refractivity contribution in [2.24, 2.45) is 5.92 Å². The Morgan fingerprint density at radius 1 is 1.24 bits per heavy atom. The molecule has 0 bridgehead atoms. The largest absolute Gasteiger partial charge is 0.462 e. The van der Waals surface area contributed by atoms with Gasteiger partial charge in [-0.2, -0.15) is 4.72 Å². The van der Waals surface area contributed by atoms with E-state index in [1.807, 2.05) is 6.92 Å². The van der Waals surface area contributed by atoms with Gasteiger partial charge in [-0.25, -0.2) is 13.2 Å². The van der Waals surface area contributed by atoms with E-state index in [1.165, 1.54) is 0 Å². The number of fused-ring (bicyclic) bond motifs is 1. The first-order valence-electron chi connectivity index (χ1n) is 9.06. The third-order valence-corrected chi connectivity index (χ3v) is 7.01. The molecule has 0 amide bonds. The van der Waals surface area contributed by atoms with E-state index >= 15 is 0 Å². The predicted octanol–water partition coefficient (Wildman–Crippen LogP) is 2.87. The zero-order valence-corrected chi connectivity index (χ0v) is 15.3. The predicted molar refractivity (Wildman–Crippen MR) is 96.8 cm³/mol. The van der Waals surface area contributed by atoms with Crippen LogP contribution in [0.5, 0.6) is 0 Å². The molecule has 1 aromatic rings. The minimum absolute atomic E-state index is 0.0948. The number of benzene rings is 1. The van der Waals surface area contributed by atoms with Crippen molar-refractivity contribution >= 4 is 21.7 Å². The number of esters is 1. The minimum atomic E-state index is -3.24. The number of hydrogen-bond acceptors (Lipinski definition) is 5. The van der Waals surface area contributed by atoms with Gasteiger partial charge in [-0.05, 0) is 43.5 Å². The molecule has 1 saturated carbocycles. The number of ether oxygens (including phenoxy) is 1. The van der Waals surface area contributed by atoms with E-state index in [-0.39, 0.29) is 23.3 Å². The molecule has 138 valence electrons. The number of unbranched alkanes of at least 4 members (excludes halogenated alkanes) is 1. The standard InChI is InChI=1S/C18H26N2O4S/c1-2-3-12-24-18(21)13-8-10-14(11-9-13)19-17-15-6-4-5-7-16(15)25(22,23)20-17/h8-11,15-17,19-20H,2-7,12H2,1H3. The van der Waals surface area contributed by atoms with Crippen LogP contribution in [0.25, 0.3) is 0 Å². The van der Waals surface area contributed by atoms with Crippen LogP contribution in [0.15, 0.2) is 24.3 Å². The SMILES string of the molecule is CCCCOC(=O)c1ccc(NC2NS(=O)(=O)C3CCCCC23)cc1. The average molecular weight is 366 g/mol. The monoisotopic (exact) mass is 366 g/mol. The van der Waals surface area contributed by atoms with Crippen LogP contribution < -0.4 is 10.0 Å². The first-order valence-corrected chi connectivity index (χ1v) is 10.6. The maximum absolute atomic E-state index is 12.3. The summed E-state index contributed by atoms with van der Waals surface area (Å²) in [6.07, 6.45) is 5.25. The molecule has 3 atom stereocenters. The number of rotatable bonds is 6. The van der Waals surface area contributed by atoms with E-state index in [4.69, 9.17) is 4.74 Å². The second kappa shape index (κ2) is 7.74. The topological polar surface area (TPSA) is 84.5 Å². The molecule has 1 heterocycles. The smallest absolute Gasteiger partial charge is 0.338 e. The van der Waals surface area contributed by atoms with Crippen LogP contribution in [0.1, 0.15) is 55.8 Å². The summed E-state index contributed by atoms with van der Waals surface area (Å²) in [5.41, 5.74) is 1.30. The molecule has 0 radical (unpaired) electrons. The zero-order chi connectivity index (χ0) is 17.9. The van der Waals surface area contributed by atoms with E-state index in [9.17, 15) is 13.2 Å². The highest BCUT2D eigenvalue weighted by Crippen LogP contribution is 2.36. The summed E-state index contributed by atoms with van der Waals surface area (Å²) in [5.74, 6) is -0.230. The molecule has 2 aliphatic rings. The first-order chi connectivity index (χ1) is 12.0. The van der Waals surface area contributed by atoms with Crippen LogP contribution in [0, 0.1) is 5.92 Å². The summed E-state index contributed by atoms with van der Waals surface area (Å²) < 4.78 is 32.5. The van der Waals surface area contributed by atoms with Gasteiger partial charge in [-0.15, -0.1) is 0 Å². The molecule has 2 N–H and O–H groups in total. The molecule has 0 spiro atoms. The number of hydrogen-bond donors (Lipinski definition) is 2. The number of anilines is 1. The van der Waals surface area contributed by atoms with Crippen molar-refractivity contribution in [1.82, 2.24) is 4.72 Å². The number of sulfonamides is 1. The Labute approximate surface area is 149 Å². The Kier molecular flexibility index (Phi) is 5.64. The third kappa shape index (κ3) is 4.15. The highest BCUT2D eigenvalue weighted by atomic mass is 32.2. The molecular formula is C18H26N2O4S. The lowest BCUT2D eigenvalue weighted by Crippen LogP contribution is -2.37. The normalized spacial score (nSPS) is 27.5. The second-order valence-corrected chi connectivity index (χ2v) is 8.77. The molecule has 3 unspecified atom stereocenters. The second-order valence-electron chi connectivity index (χ2n) is 6.84. The number of carbonyl (C=O) groups is 1. The Morgan fingerprint density at radius 3 is 2.68 bits per heavy atom. The van der Waals surface area contributed by atoms with Crippen LogP contribution in [-0.4, -0.2) is 32.4 Å². The molecule has 1 aliphatic carbocycles. The Balaban J connectivity index is 1.62. The highest BCUT2D eigenvalue weighted by Gasteiger charge is 2.47. The van der Waals surface area contributed by atoms with Gasteiger partial charge in [0.25, 0.3) is 0 Å². The summed E-state index contributed by atoms with van der Waals surface area (Å²) in [6.45, 7) is 2.48. The van der Waals surface area contributed by atoms with Gasteiger partial charge >= 0.3 is 5.97 Å². The van der Waals surface area contributed by atoms with Gasteiger partial charge in [0.1, 0.15) is 0 Å². The summed E-state index contributed by atoms with van der Waals surface area (Å²) in [5, 5.41) is 2.99. The van der Waals surface area contributed by atoms with E-state index in [0.717, 1.165) is 44.2 Å².